The van der Waals surface area contributed by atoms with Crippen molar-refractivity contribution in [3.63, 3.8) is 0 Å². The highest BCUT2D eigenvalue weighted by molar-refractivity contribution is 6.39. The van der Waals surface area contributed by atoms with Gasteiger partial charge in [0.15, 0.2) is 6.10 Å². The third-order valence-corrected chi connectivity index (χ3v) is 5.29. The van der Waals surface area contributed by atoms with E-state index in [-0.39, 0.29) is 31.3 Å². The molecular formula is C21H21Cl2N3O4. The maximum atomic E-state index is 12.5. The van der Waals surface area contributed by atoms with E-state index in [1.54, 1.807) is 48.2 Å². The zero-order chi connectivity index (χ0) is 21.8. The van der Waals surface area contributed by atoms with Crippen molar-refractivity contribution in [2.45, 2.75) is 19.4 Å². The Labute approximate surface area is 184 Å². The minimum Gasteiger partial charge on any atom is -0.479 e. The Morgan fingerprint density at radius 1 is 1.13 bits per heavy atom. The number of nitrogens with one attached hydrogen (secondary N) is 1. The molecule has 1 heterocycles. The molecular weight excluding hydrogens is 429 g/mol. The molecule has 1 N–H and O–H groups in total. The normalized spacial score (nSPS) is 15.3. The summed E-state index contributed by atoms with van der Waals surface area (Å²) in [6, 6.07) is 12.1. The lowest BCUT2D eigenvalue weighted by Gasteiger charge is -2.33. The maximum Gasteiger partial charge on any atom is 0.267 e. The van der Waals surface area contributed by atoms with Crippen molar-refractivity contribution in [1.29, 1.82) is 0 Å². The van der Waals surface area contributed by atoms with Gasteiger partial charge in [-0.15, -0.1) is 0 Å². The number of rotatable bonds is 6. The first-order chi connectivity index (χ1) is 14.3. The third kappa shape index (κ3) is 4.86. The molecule has 1 atom stereocenters. The molecule has 1 aliphatic heterocycles. The Morgan fingerprint density at radius 2 is 1.80 bits per heavy atom. The number of hydrogen-bond donors (Lipinski definition) is 1. The third-order valence-electron chi connectivity index (χ3n) is 4.66. The van der Waals surface area contributed by atoms with Gasteiger partial charge in [0.05, 0.1) is 28.0 Å². The van der Waals surface area contributed by atoms with Crippen molar-refractivity contribution in [3.05, 3.63) is 52.5 Å². The van der Waals surface area contributed by atoms with Crippen LogP contribution in [0.5, 0.6) is 5.75 Å². The van der Waals surface area contributed by atoms with Crippen LogP contribution in [0.15, 0.2) is 42.5 Å². The molecule has 1 aliphatic rings. The van der Waals surface area contributed by atoms with Gasteiger partial charge in [0.1, 0.15) is 5.75 Å². The zero-order valence-corrected chi connectivity index (χ0v) is 18.0. The van der Waals surface area contributed by atoms with E-state index in [1.807, 2.05) is 6.07 Å². The molecule has 7 nitrogen and oxygen atoms in total. The van der Waals surface area contributed by atoms with Gasteiger partial charge in [-0.1, -0.05) is 41.4 Å². The molecule has 0 unspecified atom stereocenters. The van der Waals surface area contributed by atoms with Crippen molar-refractivity contribution in [2.75, 3.05) is 30.4 Å². The molecule has 2 aromatic rings. The molecule has 0 bridgehead atoms. The van der Waals surface area contributed by atoms with Crippen LogP contribution in [-0.4, -0.2) is 48.9 Å². The molecule has 3 amide bonds. The molecule has 0 saturated heterocycles. The van der Waals surface area contributed by atoms with E-state index in [9.17, 15) is 14.4 Å². The quantitative estimate of drug-likeness (QED) is 0.730. The standard InChI is InChI=1S/C21H21Cl2N3O4/c1-13-21(29)26(16-8-3-4-9-17(16)30-13)11-10-19(28)25(2)12-18(27)24-20-14(22)6-5-7-15(20)23/h3-9,13H,10-12H2,1-2H3,(H,24,27)/t13-/m1/s1. The number of hydrogen-bond acceptors (Lipinski definition) is 4. The minimum atomic E-state index is -0.626. The topological polar surface area (TPSA) is 79.0 Å². The number of carbonyl (C=O) groups excluding carboxylic acids is 3. The van der Waals surface area contributed by atoms with Gasteiger partial charge < -0.3 is 19.9 Å². The molecule has 3 rings (SSSR count). The van der Waals surface area contributed by atoms with Gasteiger partial charge in [0, 0.05) is 20.0 Å². The highest BCUT2D eigenvalue weighted by Crippen LogP contribution is 2.33. The molecule has 30 heavy (non-hydrogen) atoms. The number of nitrogens with zero attached hydrogens (tertiary/aromatic N) is 2. The summed E-state index contributed by atoms with van der Waals surface area (Å²) in [6.07, 6.45) is -0.567. The van der Waals surface area contributed by atoms with Crippen LogP contribution in [0.2, 0.25) is 10.0 Å². The number of amides is 3. The van der Waals surface area contributed by atoms with Crippen molar-refractivity contribution < 1.29 is 19.1 Å². The number of fused-ring (bicyclic) bond motifs is 1. The average Bonchev–Trinajstić information content (AvgIpc) is 2.71. The predicted molar refractivity (Wildman–Crippen MR) is 116 cm³/mol. The van der Waals surface area contributed by atoms with E-state index in [0.717, 1.165) is 0 Å². The number of carbonyl (C=O) groups is 3. The first kappa shape index (κ1) is 21.9. The highest BCUT2D eigenvalue weighted by Gasteiger charge is 2.31. The molecule has 158 valence electrons. The molecule has 0 fully saturated rings. The molecule has 0 aliphatic carbocycles. The fourth-order valence-corrected chi connectivity index (χ4v) is 3.58. The van der Waals surface area contributed by atoms with Crippen LogP contribution in [0.1, 0.15) is 13.3 Å². The van der Waals surface area contributed by atoms with Crippen molar-refractivity contribution >= 4 is 52.3 Å². The van der Waals surface area contributed by atoms with Crippen molar-refractivity contribution in [2.24, 2.45) is 0 Å². The van der Waals surface area contributed by atoms with Crippen LogP contribution in [0.4, 0.5) is 11.4 Å². The first-order valence-corrected chi connectivity index (χ1v) is 10.1. The Morgan fingerprint density at radius 3 is 2.50 bits per heavy atom. The van der Waals surface area contributed by atoms with E-state index in [2.05, 4.69) is 5.32 Å². The van der Waals surface area contributed by atoms with Crippen LogP contribution in [0.3, 0.4) is 0 Å². The lowest BCUT2D eigenvalue weighted by molar-refractivity contribution is -0.133. The first-order valence-electron chi connectivity index (χ1n) is 9.33. The van der Waals surface area contributed by atoms with Gasteiger partial charge in [-0.2, -0.15) is 0 Å². The number of benzene rings is 2. The molecule has 0 radical (unpaired) electrons. The monoisotopic (exact) mass is 449 g/mol. The predicted octanol–water partition coefficient (Wildman–Crippen LogP) is 3.59. The van der Waals surface area contributed by atoms with E-state index in [4.69, 9.17) is 27.9 Å². The smallest absolute Gasteiger partial charge is 0.267 e. The molecule has 2 aromatic carbocycles. The highest BCUT2D eigenvalue weighted by atomic mass is 35.5. The van der Waals surface area contributed by atoms with Crippen LogP contribution < -0.4 is 15.0 Å². The Bertz CT molecular complexity index is 962. The van der Waals surface area contributed by atoms with Gasteiger partial charge in [-0.25, -0.2) is 0 Å². The Kier molecular flexibility index (Phi) is 6.84. The summed E-state index contributed by atoms with van der Waals surface area (Å²) < 4.78 is 5.60. The van der Waals surface area contributed by atoms with E-state index < -0.39 is 12.0 Å². The largest absolute Gasteiger partial charge is 0.479 e. The Hall–Kier alpha value is -2.77. The van der Waals surface area contributed by atoms with E-state index in [0.29, 0.717) is 27.2 Å². The maximum absolute atomic E-state index is 12.5. The van der Waals surface area contributed by atoms with Gasteiger partial charge in [-0.05, 0) is 31.2 Å². The number of anilines is 2. The van der Waals surface area contributed by atoms with E-state index in [1.165, 1.54) is 11.9 Å². The summed E-state index contributed by atoms with van der Waals surface area (Å²) in [4.78, 5) is 40.2. The number of para-hydroxylation sites is 3. The van der Waals surface area contributed by atoms with Crippen LogP contribution in [-0.2, 0) is 14.4 Å². The number of ether oxygens (including phenoxy) is 1. The van der Waals surface area contributed by atoms with Gasteiger partial charge in [0.2, 0.25) is 11.8 Å². The molecule has 9 heteroatoms. The fraction of sp³-hybridized carbons (Fsp3) is 0.286. The minimum absolute atomic E-state index is 0.0590. The molecule has 0 spiro atoms. The van der Waals surface area contributed by atoms with Crippen LogP contribution in [0, 0.1) is 0 Å². The summed E-state index contributed by atoms with van der Waals surface area (Å²) in [6.45, 7) is 1.68. The summed E-state index contributed by atoms with van der Waals surface area (Å²) in [7, 11) is 1.52. The van der Waals surface area contributed by atoms with Crippen LogP contribution in [0.25, 0.3) is 0 Å². The fourth-order valence-electron chi connectivity index (χ4n) is 3.09. The Balaban J connectivity index is 1.58. The zero-order valence-electron chi connectivity index (χ0n) is 16.5. The average molecular weight is 450 g/mol. The van der Waals surface area contributed by atoms with Crippen molar-refractivity contribution in [1.82, 2.24) is 4.90 Å². The number of halogens is 2. The van der Waals surface area contributed by atoms with Gasteiger partial charge in [0.25, 0.3) is 5.91 Å². The van der Waals surface area contributed by atoms with Crippen molar-refractivity contribution in [3.8, 4) is 5.75 Å². The molecule has 0 aromatic heterocycles. The van der Waals surface area contributed by atoms with Crippen LogP contribution >= 0.6 is 23.2 Å². The summed E-state index contributed by atoms with van der Waals surface area (Å²) in [5.41, 5.74) is 0.929. The summed E-state index contributed by atoms with van der Waals surface area (Å²) in [5, 5.41) is 3.24. The number of likely N-dealkylation sites (N-methyl/N-ethyl adjacent to an activating group) is 1. The lowest BCUT2D eigenvalue weighted by atomic mass is 10.1. The van der Waals surface area contributed by atoms with Gasteiger partial charge in [-0.3, -0.25) is 14.4 Å². The summed E-state index contributed by atoms with van der Waals surface area (Å²) in [5.74, 6) is -0.321. The SMILES string of the molecule is C[C@H]1Oc2ccccc2N(CCC(=O)N(C)CC(=O)Nc2c(Cl)cccc2Cl)C1=O. The van der Waals surface area contributed by atoms with Gasteiger partial charge >= 0.3 is 0 Å². The second-order valence-electron chi connectivity index (χ2n) is 6.86. The lowest BCUT2D eigenvalue weighted by Crippen LogP contribution is -2.46. The second kappa shape index (κ2) is 9.36. The second-order valence-corrected chi connectivity index (χ2v) is 7.68. The van der Waals surface area contributed by atoms with E-state index >= 15 is 0 Å². The molecule has 0 saturated carbocycles. The summed E-state index contributed by atoms with van der Waals surface area (Å²) >= 11 is 12.1.